The van der Waals surface area contributed by atoms with Gasteiger partial charge in [0.15, 0.2) is 0 Å². The number of nitrogens with zero attached hydrogens (tertiary/aromatic N) is 1. The zero-order valence-corrected chi connectivity index (χ0v) is 15.8. The lowest BCUT2D eigenvalue weighted by Crippen LogP contribution is -2.48. The van der Waals surface area contributed by atoms with Gasteiger partial charge >= 0.3 is 6.03 Å². The molecule has 1 heterocycles. The third-order valence-electron chi connectivity index (χ3n) is 4.50. The molecule has 0 radical (unpaired) electrons. The molecule has 2 aromatic carbocycles. The van der Waals surface area contributed by atoms with Crippen LogP contribution < -0.4 is 15.4 Å². The number of carbonyl (C=O) groups excluding carboxylic acids is 2. The van der Waals surface area contributed by atoms with Gasteiger partial charge in [-0.25, -0.2) is 4.79 Å². The van der Waals surface area contributed by atoms with Crippen molar-refractivity contribution in [2.24, 2.45) is 0 Å². The lowest BCUT2D eigenvalue weighted by molar-refractivity contribution is -0.124. The zero-order chi connectivity index (χ0) is 19.8. The summed E-state index contributed by atoms with van der Waals surface area (Å²) in [6.45, 7) is 1.14. The number of carbonyl (C=O) groups is 2. The number of hydrogen-bond donors (Lipinski definition) is 2. The third kappa shape index (κ3) is 5.23. The van der Waals surface area contributed by atoms with Gasteiger partial charge in [-0.05, 0) is 24.3 Å². The first-order valence-electron chi connectivity index (χ1n) is 9.28. The number of urea groups is 1. The second-order valence-corrected chi connectivity index (χ2v) is 6.54. The van der Waals surface area contributed by atoms with Crippen LogP contribution >= 0.6 is 0 Å². The third-order valence-corrected chi connectivity index (χ3v) is 4.50. The largest absolute Gasteiger partial charge is 0.488 e. The number of nitrogens with one attached hydrogen (secondary N) is 2. The number of likely N-dealkylation sites (tertiary alicyclic amines) is 1. The summed E-state index contributed by atoms with van der Waals surface area (Å²) in [5.74, 6) is 0.510. The first kappa shape index (κ1) is 19.7. The minimum absolute atomic E-state index is 0.209. The summed E-state index contributed by atoms with van der Waals surface area (Å²) in [6.07, 6.45) is 0.165. The van der Waals surface area contributed by atoms with E-state index in [1.807, 2.05) is 48.5 Å². The van der Waals surface area contributed by atoms with E-state index < -0.39 is 6.04 Å². The predicted molar refractivity (Wildman–Crippen MR) is 106 cm³/mol. The van der Waals surface area contributed by atoms with Gasteiger partial charge in [0.2, 0.25) is 5.91 Å². The fourth-order valence-electron chi connectivity index (χ4n) is 3.16. The number of rotatable bonds is 7. The molecule has 0 aliphatic carbocycles. The lowest BCUT2D eigenvalue weighted by atomic mass is 10.2. The van der Waals surface area contributed by atoms with Crippen LogP contribution in [0.15, 0.2) is 60.7 Å². The monoisotopic (exact) mass is 383 g/mol. The molecule has 0 spiro atoms. The maximum atomic E-state index is 12.8. The van der Waals surface area contributed by atoms with Crippen LogP contribution in [0.2, 0.25) is 0 Å². The average Bonchev–Trinajstić information content (AvgIpc) is 3.14. The van der Waals surface area contributed by atoms with Gasteiger partial charge in [-0.15, -0.1) is 0 Å². The lowest BCUT2D eigenvalue weighted by Gasteiger charge is -2.23. The minimum atomic E-state index is -0.603. The van der Waals surface area contributed by atoms with E-state index in [1.54, 1.807) is 19.2 Å². The molecule has 2 N–H and O–H groups in total. The zero-order valence-electron chi connectivity index (χ0n) is 15.8. The summed E-state index contributed by atoms with van der Waals surface area (Å²) in [4.78, 5) is 27.0. The van der Waals surface area contributed by atoms with Crippen molar-refractivity contribution in [1.82, 2.24) is 10.2 Å². The summed E-state index contributed by atoms with van der Waals surface area (Å²) in [7, 11) is 1.57. The molecule has 28 heavy (non-hydrogen) atoms. The van der Waals surface area contributed by atoms with Crippen LogP contribution in [-0.4, -0.2) is 55.8 Å². The van der Waals surface area contributed by atoms with Crippen molar-refractivity contribution in [2.75, 3.05) is 32.1 Å². The highest BCUT2D eigenvalue weighted by Gasteiger charge is 2.40. The molecule has 0 bridgehead atoms. The topological polar surface area (TPSA) is 79.9 Å². The van der Waals surface area contributed by atoms with Crippen LogP contribution in [0.1, 0.15) is 6.42 Å². The summed E-state index contributed by atoms with van der Waals surface area (Å²) in [6, 6.07) is 17.7. The highest BCUT2D eigenvalue weighted by molar-refractivity contribution is 5.94. The summed E-state index contributed by atoms with van der Waals surface area (Å²) in [5.41, 5.74) is 0.679. The Labute approximate surface area is 164 Å². The van der Waals surface area contributed by atoms with Crippen molar-refractivity contribution < 1.29 is 19.1 Å². The molecular weight excluding hydrogens is 358 g/mol. The normalized spacial score (nSPS) is 18.5. The molecule has 3 amide bonds. The fourth-order valence-corrected chi connectivity index (χ4v) is 3.16. The van der Waals surface area contributed by atoms with E-state index in [2.05, 4.69) is 10.6 Å². The Morgan fingerprint density at radius 3 is 2.43 bits per heavy atom. The molecule has 7 heteroatoms. The summed E-state index contributed by atoms with van der Waals surface area (Å²) >= 11 is 0. The number of para-hydroxylation sites is 2. The van der Waals surface area contributed by atoms with Crippen LogP contribution in [0.4, 0.5) is 10.5 Å². The number of anilines is 1. The van der Waals surface area contributed by atoms with Crippen molar-refractivity contribution in [2.45, 2.75) is 18.6 Å². The first-order chi connectivity index (χ1) is 13.7. The number of benzene rings is 2. The Kier molecular flexibility index (Phi) is 6.86. The highest BCUT2D eigenvalue weighted by atomic mass is 16.5. The van der Waals surface area contributed by atoms with Gasteiger partial charge in [0.05, 0.1) is 13.2 Å². The molecule has 1 aliphatic heterocycles. The molecule has 0 unspecified atom stereocenters. The van der Waals surface area contributed by atoms with Crippen LogP contribution in [0.25, 0.3) is 0 Å². The molecule has 0 saturated carbocycles. The van der Waals surface area contributed by atoms with Crippen molar-refractivity contribution in [1.29, 1.82) is 0 Å². The second kappa shape index (κ2) is 9.75. The molecular formula is C21H25N3O4. The van der Waals surface area contributed by atoms with Crippen molar-refractivity contribution >= 4 is 17.6 Å². The van der Waals surface area contributed by atoms with E-state index in [-0.39, 0.29) is 18.0 Å². The molecule has 2 atom stereocenters. The standard InChI is InChI=1S/C21H25N3O4/c1-27-13-12-22-20(25)19-14-18(28-17-10-6-3-7-11-17)15-24(19)21(26)23-16-8-4-2-5-9-16/h2-11,18-19H,12-15H2,1H3,(H,22,25)(H,23,26)/t18-,19-/m0/s1. The average molecular weight is 383 g/mol. The Morgan fingerprint density at radius 1 is 1.07 bits per heavy atom. The van der Waals surface area contributed by atoms with Crippen molar-refractivity contribution in [3.63, 3.8) is 0 Å². The van der Waals surface area contributed by atoms with E-state index in [0.29, 0.717) is 31.8 Å². The minimum Gasteiger partial charge on any atom is -0.488 e. The number of amides is 3. The van der Waals surface area contributed by atoms with E-state index in [1.165, 1.54) is 4.90 Å². The molecule has 3 rings (SSSR count). The van der Waals surface area contributed by atoms with E-state index in [9.17, 15) is 9.59 Å². The van der Waals surface area contributed by atoms with E-state index >= 15 is 0 Å². The first-order valence-corrected chi connectivity index (χ1v) is 9.28. The number of methoxy groups -OCH3 is 1. The predicted octanol–water partition coefficient (Wildman–Crippen LogP) is 2.50. The molecule has 1 aliphatic rings. The Morgan fingerprint density at radius 2 is 1.75 bits per heavy atom. The Balaban J connectivity index is 1.69. The summed E-state index contributed by atoms with van der Waals surface area (Å²) in [5, 5.41) is 5.66. The van der Waals surface area contributed by atoms with E-state index in [4.69, 9.17) is 9.47 Å². The second-order valence-electron chi connectivity index (χ2n) is 6.54. The molecule has 148 valence electrons. The van der Waals surface area contributed by atoms with Crippen LogP contribution in [0, 0.1) is 0 Å². The molecule has 0 aromatic heterocycles. The quantitative estimate of drug-likeness (QED) is 0.720. The van der Waals surface area contributed by atoms with E-state index in [0.717, 1.165) is 5.75 Å². The molecule has 1 saturated heterocycles. The molecule has 7 nitrogen and oxygen atoms in total. The van der Waals surface area contributed by atoms with Crippen molar-refractivity contribution in [3.05, 3.63) is 60.7 Å². The van der Waals surface area contributed by atoms with Gasteiger partial charge in [-0.2, -0.15) is 0 Å². The Hall–Kier alpha value is -3.06. The van der Waals surface area contributed by atoms with Crippen LogP contribution in [0.5, 0.6) is 5.75 Å². The smallest absolute Gasteiger partial charge is 0.322 e. The maximum Gasteiger partial charge on any atom is 0.322 e. The highest BCUT2D eigenvalue weighted by Crippen LogP contribution is 2.24. The maximum absolute atomic E-state index is 12.8. The molecule has 1 fully saturated rings. The number of ether oxygens (including phenoxy) is 2. The summed E-state index contributed by atoms with van der Waals surface area (Å²) < 4.78 is 11.0. The van der Waals surface area contributed by atoms with Gasteiger partial charge in [-0.1, -0.05) is 36.4 Å². The SMILES string of the molecule is COCCNC(=O)[C@@H]1C[C@H](Oc2ccccc2)CN1C(=O)Nc1ccccc1. The van der Waals surface area contributed by atoms with Gasteiger partial charge in [0.1, 0.15) is 17.9 Å². The van der Waals surface area contributed by atoms with Crippen molar-refractivity contribution in [3.8, 4) is 5.75 Å². The Bertz CT molecular complexity index is 770. The van der Waals surface area contributed by atoms with Gasteiger partial charge in [-0.3, -0.25) is 4.79 Å². The number of hydrogen-bond acceptors (Lipinski definition) is 4. The molecule has 2 aromatic rings. The van der Waals surface area contributed by atoms with Gasteiger partial charge in [0, 0.05) is 25.8 Å². The fraction of sp³-hybridized carbons (Fsp3) is 0.333. The van der Waals surface area contributed by atoms with Gasteiger partial charge < -0.3 is 25.0 Å². The van der Waals surface area contributed by atoms with Crippen LogP contribution in [-0.2, 0) is 9.53 Å². The van der Waals surface area contributed by atoms with Crippen LogP contribution in [0.3, 0.4) is 0 Å². The van der Waals surface area contributed by atoms with Gasteiger partial charge in [0.25, 0.3) is 0 Å².